The predicted molar refractivity (Wildman–Crippen MR) is 77.6 cm³/mol. The summed E-state index contributed by atoms with van der Waals surface area (Å²) < 4.78 is 38.8. The van der Waals surface area contributed by atoms with Gasteiger partial charge in [0.15, 0.2) is 0 Å². The molecule has 0 spiro atoms. The zero-order chi connectivity index (χ0) is 15.5. The molecule has 0 fully saturated rings. The second kappa shape index (κ2) is 6.34. The van der Waals surface area contributed by atoms with Crippen molar-refractivity contribution in [3.05, 3.63) is 66.0 Å². The third-order valence-electron chi connectivity index (χ3n) is 3.12. The summed E-state index contributed by atoms with van der Waals surface area (Å²) in [4.78, 5) is -0.134. The van der Waals surface area contributed by atoms with Crippen LogP contribution in [0.15, 0.2) is 59.5 Å². The Morgan fingerprint density at radius 3 is 2.43 bits per heavy atom. The summed E-state index contributed by atoms with van der Waals surface area (Å²) in [6, 6.07) is 13.6. The normalized spacial score (nSPS) is 13.3. The van der Waals surface area contributed by atoms with Gasteiger partial charge in [-0.2, -0.15) is 4.31 Å². The van der Waals surface area contributed by atoms with Crippen molar-refractivity contribution < 1.29 is 17.9 Å². The molecule has 1 atom stereocenters. The summed E-state index contributed by atoms with van der Waals surface area (Å²) in [5.41, 5.74) is 0.624. The van der Waals surface area contributed by atoms with Crippen LogP contribution >= 0.6 is 0 Å². The van der Waals surface area contributed by atoms with Gasteiger partial charge >= 0.3 is 0 Å². The molecule has 0 aliphatic carbocycles. The summed E-state index contributed by atoms with van der Waals surface area (Å²) in [6.45, 7) is -0.108. The molecule has 2 aromatic rings. The van der Waals surface area contributed by atoms with Crippen molar-refractivity contribution in [2.24, 2.45) is 0 Å². The minimum atomic E-state index is -3.83. The molecule has 21 heavy (non-hydrogen) atoms. The van der Waals surface area contributed by atoms with Crippen molar-refractivity contribution in [1.82, 2.24) is 4.31 Å². The Morgan fingerprint density at radius 2 is 1.81 bits per heavy atom. The number of hydrogen-bond acceptors (Lipinski definition) is 3. The molecule has 0 bridgehead atoms. The average molecular weight is 309 g/mol. The number of halogens is 1. The molecular formula is C15H16FNO3S. The Morgan fingerprint density at radius 1 is 1.14 bits per heavy atom. The van der Waals surface area contributed by atoms with Crippen LogP contribution in [0.4, 0.5) is 4.39 Å². The lowest BCUT2D eigenvalue weighted by Gasteiger charge is -2.20. The molecule has 0 aromatic heterocycles. The highest BCUT2D eigenvalue weighted by Crippen LogP contribution is 2.19. The number of nitrogens with zero attached hydrogens (tertiary/aromatic N) is 1. The summed E-state index contributed by atoms with van der Waals surface area (Å²) in [6.07, 6.45) is -0.945. The minimum Gasteiger partial charge on any atom is -0.387 e. The molecule has 0 amide bonds. The van der Waals surface area contributed by atoms with E-state index >= 15 is 0 Å². The Bertz CT molecular complexity index is 704. The zero-order valence-corrected chi connectivity index (χ0v) is 12.3. The lowest BCUT2D eigenvalue weighted by molar-refractivity contribution is 0.155. The van der Waals surface area contributed by atoms with Crippen LogP contribution in [0, 0.1) is 5.82 Å². The van der Waals surface area contributed by atoms with Crippen LogP contribution in [-0.2, 0) is 10.0 Å². The number of aliphatic hydroxyl groups excluding tert-OH is 1. The average Bonchev–Trinajstić information content (AvgIpc) is 2.48. The molecule has 2 aromatic carbocycles. The summed E-state index contributed by atoms with van der Waals surface area (Å²) >= 11 is 0. The Hall–Kier alpha value is -1.76. The SMILES string of the molecule is CN(CC(O)c1ccccc1)S(=O)(=O)c1cccc(F)c1. The number of likely N-dealkylation sites (N-methyl/N-ethyl adjacent to an activating group) is 1. The van der Waals surface area contributed by atoms with E-state index in [0.717, 1.165) is 10.4 Å². The Kier molecular flexibility index (Phi) is 4.72. The van der Waals surface area contributed by atoms with Gasteiger partial charge < -0.3 is 5.11 Å². The first-order valence-electron chi connectivity index (χ1n) is 6.36. The molecule has 2 rings (SSSR count). The van der Waals surface area contributed by atoms with Gasteiger partial charge in [-0.15, -0.1) is 0 Å². The van der Waals surface area contributed by atoms with E-state index in [0.29, 0.717) is 5.56 Å². The first-order valence-corrected chi connectivity index (χ1v) is 7.80. The molecule has 112 valence electrons. The van der Waals surface area contributed by atoms with Gasteiger partial charge in [0.2, 0.25) is 10.0 Å². The fourth-order valence-electron chi connectivity index (χ4n) is 1.93. The lowest BCUT2D eigenvalue weighted by Crippen LogP contribution is -2.31. The molecule has 0 radical (unpaired) electrons. The van der Waals surface area contributed by atoms with Gasteiger partial charge in [0.05, 0.1) is 11.0 Å². The molecule has 1 N–H and O–H groups in total. The molecule has 0 heterocycles. The van der Waals surface area contributed by atoms with Crippen molar-refractivity contribution in [1.29, 1.82) is 0 Å². The Labute approximate surface area is 123 Å². The van der Waals surface area contributed by atoms with Gasteiger partial charge in [-0.05, 0) is 23.8 Å². The first-order chi connectivity index (χ1) is 9.91. The number of rotatable bonds is 5. The van der Waals surface area contributed by atoms with E-state index in [1.54, 1.807) is 24.3 Å². The van der Waals surface area contributed by atoms with E-state index in [1.807, 2.05) is 6.07 Å². The first kappa shape index (κ1) is 15.6. The fourth-order valence-corrected chi connectivity index (χ4v) is 3.14. The summed E-state index contributed by atoms with van der Waals surface area (Å²) in [5, 5.41) is 10.1. The molecule has 6 heteroatoms. The molecule has 0 aliphatic heterocycles. The highest BCUT2D eigenvalue weighted by atomic mass is 32.2. The summed E-state index contributed by atoms with van der Waals surface area (Å²) in [7, 11) is -2.48. The van der Waals surface area contributed by atoms with Crippen molar-refractivity contribution in [3.8, 4) is 0 Å². The fraction of sp³-hybridized carbons (Fsp3) is 0.200. The number of aliphatic hydroxyl groups is 1. The summed E-state index contributed by atoms with van der Waals surface area (Å²) in [5.74, 6) is -0.618. The van der Waals surface area contributed by atoms with E-state index in [2.05, 4.69) is 0 Å². The standard InChI is InChI=1S/C15H16FNO3S/c1-17(11-15(18)12-6-3-2-4-7-12)21(19,20)14-9-5-8-13(16)10-14/h2-10,15,18H,11H2,1H3. The maximum absolute atomic E-state index is 13.2. The van der Waals surface area contributed by atoms with E-state index in [-0.39, 0.29) is 11.4 Å². The predicted octanol–water partition coefficient (Wildman–Crippen LogP) is 2.18. The Balaban J connectivity index is 2.18. The van der Waals surface area contributed by atoms with Crippen LogP contribution in [0.25, 0.3) is 0 Å². The highest BCUT2D eigenvalue weighted by Gasteiger charge is 2.23. The van der Waals surface area contributed by atoms with Crippen molar-refractivity contribution in [3.63, 3.8) is 0 Å². The smallest absolute Gasteiger partial charge is 0.243 e. The largest absolute Gasteiger partial charge is 0.387 e. The van der Waals surface area contributed by atoms with E-state index < -0.39 is 21.9 Å². The van der Waals surface area contributed by atoms with Crippen LogP contribution in [-0.4, -0.2) is 31.4 Å². The maximum atomic E-state index is 13.2. The van der Waals surface area contributed by atoms with E-state index in [1.165, 1.54) is 25.2 Å². The van der Waals surface area contributed by atoms with Crippen LogP contribution in [0.1, 0.15) is 11.7 Å². The van der Waals surface area contributed by atoms with Crippen LogP contribution < -0.4 is 0 Å². The molecule has 4 nitrogen and oxygen atoms in total. The topological polar surface area (TPSA) is 57.6 Å². The molecule has 0 saturated heterocycles. The van der Waals surface area contributed by atoms with Gasteiger partial charge in [-0.25, -0.2) is 12.8 Å². The van der Waals surface area contributed by atoms with Gasteiger partial charge in [0, 0.05) is 13.6 Å². The van der Waals surface area contributed by atoms with Crippen LogP contribution in [0.3, 0.4) is 0 Å². The molecular weight excluding hydrogens is 293 g/mol. The third kappa shape index (κ3) is 3.66. The second-order valence-electron chi connectivity index (χ2n) is 4.67. The minimum absolute atomic E-state index is 0.108. The van der Waals surface area contributed by atoms with E-state index in [4.69, 9.17) is 0 Å². The van der Waals surface area contributed by atoms with E-state index in [9.17, 15) is 17.9 Å². The van der Waals surface area contributed by atoms with Crippen LogP contribution in [0.5, 0.6) is 0 Å². The monoisotopic (exact) mass is 309 g/mol. The van der Waals surface area contributed by atoms with Crippen molar-refractivity contribution in [2.75, 3.05) is 13.6 Å². The number of benzene rings is 2. The second-order valence-corrected chi connectivity index (χ2v) is 6.71. The number of hydrogen-bond donors (Lipinski definition) is 1. The zero-order valence-electron chi connectivity index (χ0n) is 11.5. The van der Waals surface area contributed by atoms with Gasteiger partial charge in [-0.3, -0.25) is 0 Å². The van der Waals surface area contributed by atoms with Crippen molar-refractivity contribution in [2.45, 2.75) is 11.0 Å². The highest BCUT2D eigenvalue weighted by molar-refractivity contribution is 7.89. The molecule has 0 aliphatic rings. The number of sulfonamides is 1. The van der Waals surface area contributed by atoms with Gasteiger partial charge in [-0.1, -0.05) is 36.4 Å². The molecule has 0 saturated carbocycles. The maximum Gasteiger partial charge on any atom is 0.243 e. The lowest BCUT2D eigenvalue weighted by atomic mass is 10.1. The third-order valence-corrected chi connectivity index (χ3v) is 4.94. The molecule has 1 unspecified atom stereocenters. The van der Waals surface area contributed by atoms with Crippen LogP contribution in [0.2, 0.25) is 0 Å². The quantitative estimate of drug-likeness (QED) is 0.921. The van der Waals surface area contributed by atoms with Gasteiger partial charge in [0.1, 0.15) is 5.82 Å². The van der Waals surface area contributed by atoms with Gasteiger partial charge in [0.25, 0.3) is 0 Å². The van der Waals surface area contributed by atoms with Crippen molar-refractivity contribution >= 4 is 10.0 Å².